The Morgan fingerprint density at radius 1 is 1.00 bits per heavy atom. The summed E-state index contributed by atoms with van der Waals surface area (Å²) in [4.78, 5) is 31.9. The van der Waals surface area contributed by atoms with Gasteiger partial charge in [-0.05, 0) is 26.0 Å². The van der Waals surface area contributed by atoms with Crippen LogP contribution in [0.1, 0.15) is 24.2 Å². The van der Waals surface area contributed by atoms with Crippen LogP contribution in [-0.2, 0) is 9.53 Å². The van der Waals surface area contributed by atoms with E-state index in [9.17, 15) is 9.59 Å². The van der Waals surface area contributed by atoms with E-state index >= 15 is 0 Å². The average Bonchev–Trinajstić information content (AvgIpc) is 2.66. The van der Waals surface area contributed by atoms with E-state index in [1.54, 1.807) is 18.2 Å². The summed E-state index contributed by atoms with van der Waals surface area (Å²) < 4.78 is 26.0. The van der Waals surface area contributed by atoms with Gasteiger partial charge >= 0.3 is 12.0 Å². The number of rotatable bonds is 8. The summed E-state index contributed by atoms with van der Waals surface area (Å²) in [7, 11) is 4.13. The maximum Gasteiger partial charge on any atom is 0.346 e. The van der Waals surface area contributed by atoms with Crippen LogP contribution < -0.4 is 18.9 Å². The summed E-state index contributed by atoms with van der Waals surface area (Å²) in [5.41, 5.74) is 0.138. The predicted octanol–water partition coefficient (Wildman–Crippen LogP) is 2.43. The molecule has 1 unspecified atom stereocenters. The van der Waals surface area contributed by atoms with Gasteiger partial charge < -0.3 is 23.7 Å². The summed E-state index contributed by atoms with van der Waals surface area (Å²) >= 11 is 0. The van der Waals surface area contributed by atoms with Crippen molar-refractivity contribution in [1.82, 2.24) is 9.97 Å². The molecule has 0 bridgehead atoms. The van der Waals surface area contributed by atoms with Crippen molar-refractivity contribution in [3.05, 3.63) is 29.8 Å². The van der Waals surface area contributed by atoms with Gasteiger partial charge in [0.1, 0.15) is 17.1 Å². The summed E-state index contributed by atoms with van der Waals surface area (Å²) in [6.07, 6.45) is -0.906. The largest absolute Gasteiger partial charge is 0.481 e. The van der Waals surface area contributed by atoms with E-state index in [2.05, 4.69) is 14.7 Å². The molecule has 0 saturated heterocycles. The van der Waals surface area contributed by atoms with Crippen molar-refractivity contribution in [1.29, 1.82) is 0 Å². The Kier molecular flexibility index (Phi) is 6.53. The summed E-state index contributed by atoms with van der Waals surface area (Å²) in [5.74, 6) is -0.106. The van der Waals surface area contributed by atoms with Crippen molar-refractivity contribution in [2.45, 2.75) is 20.0 Å². The summed E-state index contributed by atoms with van der Waals surface area (Å²) in [6.45, 7) is 2.87. The van der Waals surface area contributed by atoms with E-state index in [1.807, 2.05) is 0 Å². The molecule has 1 atom stereocenters. The number of nitrogens with zero attached hydrogens (tertiary/aromatic N) is 2. The lowest BCUT2D eigenvalue weighted by molar-refractivity contribution is -0.147. The van der Waals surface area contributed by atoms with Gasteiger partial charge in [-0.2, -0.15) is 9.97 Å². The maximum absolute atomic E-state index is 12.2. The second kappa shape index (κ2) is 8.84. The zero-order valence-corrected chi connectivity index (χ0v) is 15.6. The van der Waals surface area contributed by atoms with E-state index in [-0.39, 0.29) is 40.6 Å². The summed E-state index contributed by atoms with van der Waals surface area (Å²) in [5, 5.41) is 0. The summed E-state index contributed by atoms with van der Waals surface area (Å²) in [6, 6.07) is 6.12. The Hall–Kier alpha value is -3.36. The standard InChI is InChI=1S/C18H20N2O7/c1-10(21)16-12(26-11(2)17(22)25-5)7-6-8-13(16)27-18-19-14(23-3)9-15(20-18)24-4/h6-9,11H,1-5H3. The topological polar surface area (TPSA) is 106 Å². The number of methoxy groups -OCH3 is 3. The first-order valence-electron chi connectivity index (χ1n) is 7.93. The van der Waals surface area contributed by atoms with E-state index in [0.29, 0.717) is 0 Å². The molecule has 1 heterocycles. The average molecular weight is 376 g/mol. The molecule has 1 aromatic carbocycles. The van der Waals surface area contributed by atoms with Gasteiger partial charge in [-0.25, -0.2) is 4.79 Å². The number of carbonyl (C=O) groups is 2. The number of benzene rings is 1. The smallest absolute Gasteiger partial charge is 0.346 e. The van der Waals surface area contributed by atoms with E-state index in [1.165, 1.54) is 41.2 Å². The normalized spacial score (nSPS) is 11.3. The molecule has 9 heteroatoms. The van der Waals surface area contributed by atoms with E-state index in [0.717, 1.165) is 0 Å². The van der Waals surface area contributed by atoms with Crippen molar-refractivity contribution < 1.29 is 33.3 Å². The van der Waals surface area contributed by atoms with Crippen molar-refractivity contribution in [3.8, 4) is 29.3 Å². The third-order valence-electron chi connectivity index (χ3n) is 3.46. The molecule has 0 spiro atoms. The minimum absolute atomic E-state index is 0.0770. The number of Topliss-reactive ketones (excluding diaryl/α,β-unsaturated/α-hetero) is 1. The molecular weight excluding hydrogens is 356 g/mol. The van der Waals surface area contributed by atoms with Crippen molar-refractivity contribution in [2.75, 3.05) is 21.3 Å². The quantitative estimate of drug-likeness (QED) is 0.507. The van der Waals surface area contributed by atoms with Crippen molar-refractivity contribution in [2.24, 2.45) is 0 Å². The van der Waals surface area contributed by atoms with Gasteiger partial charge in [-0.1, -0.05) is 6.07 Å². The molecule has 2 rings (SSSR count). The number of ketones is 1. The second-order valence-electron chi connectivity index (χ2n) is 5.31. The minimum atomic E-state index is -0.906. The molecule has 0 aliphatic rings. The Bertz CT molecular complexity index is 816. The van der Waals surface area contributed by atoms with Crippen LogP contribution in [0.3, 0.4) is 0 Å². The first-order chi connectivity index (χ1) is 12.9. The van der Waals surface area contributed by atoms with Crippen LogP contribution in [0.4, 0.5) is 0 Å². The van der Waals surface area contributed by atoms with Gasteiger partial charge in [0.15, 0.2) is 11.9 Å². The fourth-order valence-corrected chi connectivity index (χ4v) is 2.18. The number of carbonyl (C=O) groups excluding carboxylic acids is 2. The van der Waals surface area contributed by atoms with E-state index < -0.39 is 12.1 Å². The van der Waals surface area contributed by atoms with E-state index in [4.69, 9.17) is 18.9 Å². The van der Waals surface area contributed by atoms with Gasteiger partial charge in [-0.3, -0.25) is 4.79 Å². The van der Waals surface area contributed by atoms with Gasteiger partial charge in [0.2, 0.25) is 11.8 Å². The van der Waals surface area contributed by atoms with Crippen LogP contribution in [0.15, 0.2) is 24.3 Å². The molecule has 0 aliphatic heterocycles. The third kappa shape index (κ3) is 4.84. The van der Waals surface area contributed by atoms with Gasteiger partial charge in [0.25, 0.3) is 0 Å². The zero-order valence-electron chi connectivity index (χ0n) is 15.6. The van der Waals surface area contributed by atoms with Gasteiger partial charge in [-0.15, -0.1) is 0 Å². The first-order valence-corrected chi connectivity index (χ1v) is 7.93. The highest BCUT2D eigenvalue weighted by Crippen LogP contribution is 2.33. The molecule has 0 amide bonds. The fraction of sp³-hybridized carbons (Fsp3) is 0.333. The van der Waals surface area contributed by atoms with Gasteiger partial charge in [0, 0.05) is 0 Å². The van der Waals surface area contributed by atoms with Crippen molar-refractivity contribution in [3.63, 3.8) is 0 Å². The lowest BCUT2D eigenvalue weighted by Gasteiger charge is -2.17. The molecule has 0 N–H and O–H groups in total. The van der Waals surface area contributed by atoms with Crippen LogP contribution in [0.25, 0.3) is 0 Å². The molecule has 1 aromatic heterocycles. The van der Waals surface area contributed by atoms with Crippen LogP contribution >= 0.6 is 0 Å². The van der Waals surface area contributed by atoms with Crippen LogP contribution in [0.5, 0.6) is 29.3 Å². The Balaban J connectivity index is 2.41. The zero-order chi connectivity index (χ0) is 20.0. The number of aromatic nitrogens is 2. The number of ether oxygens (including phenoxy) is 5. The molecule has 27 heavy (non-hydrogen) atoms. The van der Waals surface area contributed by atoms with Crippen LogP contribution in [-0.4, -0.2) is 49.2 Å². The van der Waals surface area contributed by atoms with Crippen LogP contribution in [0.2, 0.25) is 0 Å². The second-order valence-corrected chi connectivity index (χ2v) is 5.31. The molecule has 0 saturated carbocycles. The molecule has 2 aromatic rings. The Morgan fingerprint density at radius 3 is 2.11 bits per heavy atom. The highest BCUT2D eigenvalue weighted by Gasteiger charge is 2.22. The molecular formula is C18H20N2O7. The fourth-order valence-electron chi connectivity index (χ4n) is 2.18. The maximum atomic E-state index is 12.2. The molecule has 0 fully saturated rings. The van der Waals surface area contributed by atoms with Gasteiger partial charge in [0.05, 0.1) is 27.4 Å². The number of hydrogen-bond donors (Lipinski definition) is 0. The molecule has 144 valence electrons. The molecule has 0 aliphatic carbocycles. The Labute approximate surface area is 156 Å². The number of hydrogen-bond acceptors (Lipinski definition) is 9. The molecule has 0 radical (unpaired) electrons. The predicted molar refractivity (Wildman–Crippen MR) is 93.8 cm³/mol. The lowest BCUT2D eigenvalue weighted by atomic mass is 10.1. The first kappa shape index (κ1) is 20.0. The third-order valence-corrected chi connectivity index (χ3v) is 3.46. The van der Waals surface area contributed by atoms with Crippen molar-refractivity contribution >= 4 is 11.8 Å². The number of esters is 1. The molecule has 9 nitrogen and oxygen atoms in total. The SMILES string of the molecule is COC(=O)C(C)Oc1cccc(Oc2nc(OC)cc(OC)n2)c1C(C)=O. The highest BCUT2D eigenvalue weighted by molar-refractivity contribution is 5.99. The minimum Gasteiger partial charge on any atom is -0.481 e. The Morgan fingerprint density at radius 2 is 1.59 bits per heavy atom. The monoisotopic (exact) mass is 376 g/mol. The lowest BCUT2D eigenvalue weighted by Crippen LogP contribution is -2.25. The highest BCUT2D eigenvalue weighted by atomic mass is 16.6. The van der Waals surface area contributed by atoms with Crippen LogP contribution in [0, 0.1) is 0 Å².